The molecule has 0 aromatic heterocycles. The van der Waals surface area contributed by atoms with Gasteiger partial charge in [0, 0.05) is 26.9 Å². The number of carbonyl (C=O) groups is 7. The maximum atomic E-state index is 14.2. The second kappa shape index (κ2) is 25.5. The fourth-order valence-corrected chi connectivity index (χ4v) is 6.77. The highest BCUT2D eigenvalue weighted by molar-refractivity contribution is 5.96. The van der Waals surface area contributed by atoms with Crippen molar-refractivity contribution in [1.82, 2.24) is 31.1 Å². The van der Waals surface area contributed by atoms with Gasteiger partial charge in [0.25, 0.3) is 0 Å². The van der Waals surface area contributed by atoms with E-state index in [2.05, 4.69) is 21.3 Å². The fourth-order valence-electron chi connectivity index (χ4n) is 6.77. The summed E-state index contributed by atoms with van der Waals surface area (Å²) in [7, 11) is 2.96. The zero-order valence-corrected chi connectivity index (χ0v) is 37.8. The van der Waals surface area contributed by atoms with Crippen molar-refractivity contribution < 1.29 is 38.7 Å². The number of hydrogen-bond donors (Lipinski definition) is 6. The molecule has 15 heteroatoms. The van der Waals surface area contributed by atoms with Crippen molar-refractivity contribution in [3.63, 3.8) is 0 Å². The van der Waals surface area contributed by atoms with Crippen molar-refractivity contribution >= 4 is 41.4 Å². The van der Waals surface area contributed by atoms with Crippen LogP contribution in [-0.2, 0) is 46.4 Å². The van der Waals surface area contributed by atoms with Gasteiger partial charge < -0.3 is 41.9 Å². The van der Waals surface area contributed by atoms with Gasteiger partial charge >= 0.3 is 5.97 Å². The Morgan fingerprint density at radius 3 is 1.34 bits per heavy atom. The van der Waals surface area contributed by atoms with Crippen LogP contribution in [0.3, 0.4) is 0 Å². The van der Waals surface area contributed by atoms with Crippen molar-refractivity contribution in [2.24, 2.45) is 29.4 Å². The number of nitrogens with zero attached hydrogens (tertiary/aromatic N) is 2. The predicted octanol–water partition coefficient (Wildman–Crippen LogP) is 3.29. The van der Waals surface area contributed by atoms with E-state index >= 15 is 0 Å². The number of benzene rings is 2. The Bertz CT molecular complexity index is 1750. The number of carboxylic acids is 1. The van der Waals surface area contributed by atoms with Crippen LogP contribution in [0.2, 0.25) is 0 Å². The number of carboxylic acid groups (broad SMARTS) is 1. The normalized spacial score (nSPS) is 16.1. The van der Waals surface area contributed by atoms with E-state index in [0.29, 0.717) is 25.7 Å². The summed E-state index contributed by atoms with van der Waals surface area (Å²) in [5.41, 5.74) is 7.85. The van der Waals surface area contributed by atoms with Crippen LogP contribution in [0.1, 0.15) is 92.2 Å². The largest absolute Gasteiger partial charge is 0.480 e. The van der Waals surface area contributed by atoms with E-state index in [9.17, 15) is 38.7 Å². The molecular formula is C46H71N7O8. The molecular weight excluding hydrogens is 779 g/mol. The summed E-state index contributed by atoms with van der Waals surface area (Å²) in [6.45, 7) is 14.1. The molecule has 7 N–H and O–H groups in total. The van der Waals surface area contributed by atoms with E-state index < -0.39 is 84.2 Å². The minimum absolute atomic E-state index is 0.0730. The lowest BCUT2D eigenvalue weighted by Gasteiger charge is -2.33. The highest BCUT2D eigenvalue weighted by Crippen LogP contribution is 2.17. The molecule has 0 aliphatic rings. The van der Waals surface area contributed by atoms with Crippen LogP contribution < -0.4 is 27.0 Å². The fraction of sp³-hybridized carbons (Fsp3) is 0.587. The Morgan fingerprint density at radius 2 is 0.934 bits per heavy atom. The number of aliphatic carboxylic acids is 1. The number of amides is 6. The second-order valence-electron chi connectivity index (χ2n) is 16.4. The molecule has 0 aliphatic heterocycles. The van der Waals surface area contributed by atoms with Gasteiger partial charge in [-0.05, 0) is 34.8 Å². The van der Waals surface area contributed by atoms with Crippen LogP contribution in [0.5, 0.6) is 0 Å². The Kier molecular flexibility index (Phi) is 21.6. The minimum atomic E-state index is -1.18. The molecule has 10 atom stereocenters. The molecule has 15 nitrogen and oxygen atoms in total. The summed E-state index contributed by atoms with van der Waals surface area (Å²) in [5.74, 6) is -5.92. The van der Waals surface area contributed by atoms with Crippen molar-refractivity contribution in [2.75, 3.05) is 20.6 Å². The standard InChI is InChI=1S/C46H71N7O8/c1-11-28(5)37(47)45(59)53(10)35(26-33-23-19-16-20-24-33)42(56)49-38(29(6)12-2)43(57)48-27-36(54)52(9)34(25-32-21-17-15-18-22-32)41(55)50-39(30(7)13-3)44(58)51-40(46(60)61)31(8)14-4/h15-24,28-31,34-35,37-40H,11-14,25-27,47H2,1-10H3,(H,48,57)(H,49,56)(H,50,55)(H,51,58)(H,60,61)/t28-,29-,30-,31-,34-,35-,37-,38-,39-,40-/m0/s1. The van der Waals surface area contributed by atoms with E-state index in [0.717, 1.165) is 11.1 Å². The quantitative estimate of drug-likeness (QED) is 0.0863. The van der Waals surface area contributed by atoms with Gasteiger partial charge in [0.1, 0.15) is 30.2 Å². The number of likely N-dealkylation sites (N-methyl/N-ethyl adjacent to an activating group) is 2. The van der Waals surface area contributed by atoms with Crippen LogP contribution in [-0.4, -0.2) is 113 Å². The first kappa shape index (κ1) is 51.8. The number of rotatable bonds is 25. The zero-order valence-electron chi connectivity index (χ0n) is 37.8. The zero-order chi connectivity index (χ0) is 46.0. The van der Waals surface area contributed by atoms with Gasteiger partial charge in [-0.1, -0.05) is 142 Å². The molecule has 338 valence electrons. The van der Waals surface area contributed by atoms with Crippen LogP contribution in [0.4, 0.5) is 0 Å². The summed E-state index contributed by atoms with van der Waals surface area (Å²) in [6, 6.07) is 11.9. The summed E-state index contributed by atoms with van der Waals surface area (Å²) in [4.78, 5) is 97.7. The average molecular weight is 850 g/mol. The molecule has 2 rings (SSSR count). The van der Waals surface area contributed by atoms with Crippen molar-refractivity contribution in [1.29, 1.82) is 0 Å². The van der Waals surface area contributed by atoms with E-state index in [1.807, 2.05) is 71.0 Å². The second-order valence-corrected chi connectivity index (χ2v) is 16.4. The SMILES string of the molecule is CC[C@H](C)[C@H](N)C(=O)N(C)[C@@H](Cc1ccccc1)C(=O)N[C@H](C(=O)NCC(=O)N(C)[C@@H](Cc1ccccc1)C(=O)N[C@H](C(=O)N[C@H](C(=O)O)[C@@H](C)CC)[C@@H](C)CC)[C@@H](C)CC. The van der Waals surface area contributed by atoms with Crippen molar-refractivity contribution in [3.05, 3.63) is 71.8 Å². The molecule has 0 heterocycles. The average Bonchev–Trinajstić information content (AvgIpc) is 3.27. The molecule has 0 aliphatic carbocycles. The van der Waals surface area contributed by atoms with E-state index in [1.165, 1.54) is 23.9 Å². The molecule has 2 aromatic rings. The highest BCUT2D eigenvalue weighted by Gasteiger charge is 2.37. The monoisotopic (exact) mass is 850 g/mol. The molecule has 0 fully saturated rings. The molecule has 0 radical (unpaired) electrons. The van der Waals surface area contributed by atoms with E-state index in [-0.39, 0.29) is 36.5 Å². The summed E-state index contributed by atoms with van der Waals surface area (Å²) >= 11 is 0. The maximum absolute atomic E-state index is 14.2. The van der Waals surface area contributed by atoms with Gasteiger partial charge in [-0.2, -0.15) is 0 Å². The number of nitrogens with one attached hydrogen (secondary N) is 4. The lowest BCUT2D eigenvalue weighted by Crippen LogP contribution is -2.60. The van der Waals surface area contributed by atoms with Gasteiger partial charge in [0.15, 0.2) is 0 Å². The first-order chi connectivity index (χ1) is 28.8. The van der Waals surface area contributed by atoms with Gasteiger partial charge in [-0.15, -0.1) is 0 Å². The third-order valence-corrected chi connectivity index (χ3v) is 12.1. The maximum Gasteiger partial charge on any atom is 0.326 e. The van der Waals surface area contributed by atoms with Gasteiger partial charge in [-0.25, -0.2) is 4.79 Å². The van der Waals surface area contributed by atoms with Crippen molar-refractivity contribution in [3.8, 4) is 0 Å². The third-order valence-electron chi connectivity index (χ3n) is 12.1. The molecule has 0 unspecified atom stereocenters. The van der Waals surface area contributed by atoms with Crippen molar-refractivity contribution in [2.45, 2.75) is 130 Å². The molecule has 0 saturated carbocycles. The van der Waals surface area contributed by atoms with E-state index in [1.54, 1.807) is 45.0 Å². The topological polar surface area (TPSA) is 220 Å². The lowest BCUT2D eigenvalue weighted by molar-refractivity contribution is -0.144. The minimum Gasteiger partial charge on any atom is -0.480 e. The van der Waals surface area contributed by atoms with Gasteiger partial charge in [0.2, 0.25) is 35.4 Å². The van der Waals surface area contributed by atoms with Crippen LogP contribution >= 0.6 is 0 Å². The number of hydrogen-bond acceptors (Lipinski definition) is 8. The van der Waals surface area contributed by atoms with Crippen LogP contribution in [0, 0.1) is 23.7 Å². The van der Waals surface area contributed by atoms with Crippen LogP contribution in [0.25, 0.3) is 0 Å². The molecule has 0 bridgehead atoms. The molecule has 0 spiro atoms. The molecule has 2 aromatic carbocycles. The Balaban J connectivity index is 2.36. The molecule has 61 heavy (non-hydrogen) atoms. The summed E-state index contributed by atoms with van der Waals surface area (Å²) in [6.07, 6.45) is 2.40. The molecule has 0 saturated heterocycles. The first-order valence-corrected chi connectivity index (χ1v) is 21.6. The van der Waals surface area contributed by atoms with Gasteiger partial charge in [-0.3, -0.25) is 28.8 Å². The van der Waals surface area contributed by atoms with Gasteiger partial charge in [0.05, 0.1) is 12.6 Å². The highest BCUT2D eigenvalue weighted by atomic mass is 16.4. The Morgan fingerprint density at radius 1 is 0.557 bits per heavy atom. The predicted molar refractivity (Wildman–Crippen MR) is 236 cm³/mol. The third kappa shape index (κ3) is 15.3. The lowest BCUT2D eigenvalue weighted by atomic mass is 9.94. The Hall–Kier alpha value is -5.31. The Labute approximate surface area is 362 Å². The summed E-state index contributed by atoms with van der Waals surface area (Å²) in [5, 5.41) is 20.8. The number of carbonyl (C=O) groups excluding carboxylic acids is 6. The van der Waals surface area contributed by atoms with Crippen LogP contribution in [0.15, 0.2) is 60.7 Å². The van der Waals surface area contributed by atoms with E-state index in [4.69, 9.17) is 5.73 Å². The smallest absolute Gasteiger partial charge is 0.326 e. The summed E-state index contributed by atoms with van der Waals surface area (Å²) < 4.78 is 0. The first-order valence-electron chi connectivity index (χ1n) is 21.6. The molecule has 6 amide bonds. The number of nitrogens with two attached hydrogens (primary N) is 1.